The van der Waals surface area contributed by atoms with Gasteiger partial charge in [0.25, 0.3) is 0 Å². The minimum atomic E-state index is -0.222. The van der Waals surface area contributed by atoms with Crippen molar-refractivity contribution in [1.82, 2.24) is 10.2 Å². The Morgan fingerprint density at radius 1 is 1.23 bits per heavy atom. The first-order valence-corrected chi connectivity index (χ1v) is 7.86. The summed E-state index contributed by atoms with van der Waals surface area (Å²) < 4.78 is 10.7. The summed E-state index contributed by atoms with van der Waals surface area (Å²) in [5.74, 6) is 0. The van der Waals surface area contributed by atoms with Gasteiger partial charge in [-0.3, -0.25) is 0 Å². The molecule has 1 aromatic rings. The standard InChI is InChI=1S/C16H23N3O3/c20-16(22-13-14-12-21-11-6-17-14)19-9-7-18(8-10-19)15-4-2-1-3-5-15/h1-5,14,17H,6-13H2. The lowest BCUT2D eigenvalue weighted by Crippen LogP contribution is -2.50. The molecule has 0 saturated carbocycles. The van der Waals surface area contributed by atoms with E-state index in [0.717, 1.165) is 26.2 Å². The van der Waals surface area contributed by atoms with Gasteiger partial charge in [0.05, 0.1) is 19.3 Å². The summed E-state index contributed by atoms with van der Waals surface area (Å²) in [5.41, 5.74) is 1.21. The number of piperazine rings is 1. The van der Waals surface area contributed by atoms with E-state index in [9.17, 15) is 4.79 Å². The molecule has 2 saturated heterocycles. The molecule has 1 unspecified atom stereocenters. The second-order valence-electron chi connectivity index (χ2n) is 5.61. The molecule has 1 amide bonds. The molecule has 22 heavy (non-hydrogen) atoms. The number of carbonyl (C=O) groups is 1. The average Bonchev–Trinajstić information content (AvgIpc) is 2.61. The first kappa shape index (κ1) is 15.1. The first-order chi connectivity index (χ1) is 10.8. The van der Waals surface area contributed by atoms with E-state index < -0.39 is 0 Å². The van der Waals surface area contributed by atoms with E-state index >= 15 is 0 Å². The molecule has 6 heteroatoms. The van der Waals surface area contributed by atoms with Crippen molar-refractivity contribution in [3.05, 3.63) is 30.3 Å². The molecule has 3 rings (SSSR count). The Morgan fingerprint density at radius 2 is 2.00 bits per heavy atom. The van der Waals surface area contributed by atoms with Crippen LogP contribution in [0.1, 0.15) is 0 Å². The van der Waals surface area contributed by atoms with Crippen LogP contribution in [0.15, 0.2) is 30.3 Å². The molecule has 0 aromatic heterocycles. The fourth-order valence-corrected chi connectivity index (χ4v) is 2.78. The van der Waals surface area contributed by atoms with Gasteiger partial charge in [0.15, 0.2) is 0 Å². The molecule has 1 aromatic carbocycles. The SMILES string of the molecule is O=C(OCC1COCCN1)N1CCN(c2ccccc2)CC1. The first-order valence-electron chi connectivity index (χ1n) is 7.86. The minimum Gasteiger partial charge on any atom is -0.448 e. The molecule has 2 aliphatic rings. The molecule has 0 radical (unpaired) electrons. The summed E-state index contributed by atoms with van der Waals surface area (Å²) in [6.45, 7) is 5.59. The smallest absolute Gasteiger partial charge is 0.409 e. The number of hydrogen-bond acceptors (Lipinski definition) is 5. The third-order valence-corrected chi connectivity index (χ3v) is 4.07. The Labute approximate surface area is 131 Å². The van der Waals surface area contributed by atoms with Gasteiger partial charge < -0.3 is 24.6 Å². The van der Waals surface area contributed by atoms with Crippen molar-refractivity contribution in [2.24, 2.45) is 0 Å². The lowest BCUT2D eigenvalue weighted by atomic mass is 10.2. The van der Waals surface area contributed by atoms with Crippen molar-refractivity contribution in [3.63, 3.8) is 0 Å². The molecule has 120 valence electrons. The highest BCUT2D eigenvalue weighted by Gasteiger charge is 2.23. The summed E-state index contributed by atoms with van der Waals surface area (Å²) in [4.78, 5) is 16.2. The second-order valence-corrected chi connectivity index (χ2v) is 5.61. The summed E-state index contributed by atoms with van der Waals surface area (Å²) in [5, 5.41) is 3.28. The zero-order valence-corrected chi connectivity index (χ0v) is 12.7. The summed E-state index contributed by atoms with van der Waals surface area (Å²) in [6.07, 6.45) is -0.222. The molecule has 6 nitrogen and oxygen atoms in total. The van der Waals surface area contributed by atoms with Crippen molar-refractivity contribution >= 4 is 11.8 Å². The van der Waals surface area contributed by atoms with Gasteiger partial charge in [-0.25, -0.2) is 4.79 Å². The van der Waals surface area contributed by atoms with Crippen LogP contribution in [-0.4, -0.2) is 69.6 Å². The van der Waals surface area contributed by atoms with Crippen LogP contribution in [0.2, 0.25) is 0 Å². The largest absolute Gasteiger partial charge is 0.448 e. The van der Waals surface area contributed by atoms with Gasteiger partial charge in [-0.15, -0.1) is 0 Å². The number of para-hydroxylation sites is 1. The van der Waals surface area contributed by atoms with Crippen molar-refractivity contribution in [2.45, 2.75) is 6.04 Å². The number of ether oxygens (including phenoxy) is 2. The highest BCUT2D eigenvalue weighted by molar-refractivity contribution is 5.68. The number of amides is 1. The number of carbonyl (C=O) groups excluding carboxylic acids is 1. The van der Waals surface area contributed by atoms with Crippen LogP contribution < -0.4 is 10.2 Å². The molecule has 1 atom stereocenters. The zero-order chi connectivity index (χ0) is 15.2. The second kappa shape index (κ2) is 7.47. The van der Waals surface area contributed by atoms with Crippen molar-refractivity contribution in [3.8, 4) is 0 Å². The summed E-state index contributed by atoms with van der Waals surface area (Å²) >= 11 is 0. The fraction of sp³-hybridized carbons (Fsp3) is 0.562. The van der Waals surface area contributed by atoms with Gasteiger partial charge in [0.2, 0.25) is 0 Å². The number of hydrogen-bond donors (Lipinski definition) is 1. The van der Waals surface area contributed by atoms with E-state index in [1.807, 2.05) is 18.2 Å². The Kier molecular flexibility index (Phi) is 5.13. The van der Waals surface area contributed by atoms with Crippen molar-refractivity contribution in [2.75, 3.05) is 57.4 Å². The summed E-state index contributed by atoms with van der Waals surface area (Å²) in [6, 6.07) is 10.4. The van der Waals surface area contributed by atoms with Crippen LogP contribution in [-0.2, 0) is 9.47 Å². The Balaban J connectivity index is 1.41. The third kappa shape index (κ3) is 3.90. The molecule has 2 fully saturated rings. The highest BCUT2D eigenvalue weighted by Crippen LogP contribution is 2.15. The monoisotopic (exact) mass is 305 g/mol. The van der Waals surface area contributed by atoms with Gasteiger partial charge in [0.1, 0.15) is 6.61 Å². The maximum Gasteiger partial charge on any atom is 0.409 e. The molecule has 0 spiro atoms. The molecule has 0 aliphatic carbocycles. The minimum absolute atomic E-state index is 0.114. The molecular weight excluding hydrogens is 282 g/mol. The number of nitrogens with one attached hydrogen (secondary N) is 1. The topological polar surface area (TPSA) is 54.0 Å². The number of rotatable bonds is 3. The van der Waals surface area contributed by atoms with Crippen LogP contribution in [0.5, 0.6) is 0 Å². The normalized spacial score (nSPS) is 22.5. The lowest BCUT2D eigenvalue weighted by molar-refractivity contribution is 0.0368. The quantitative estimate of drug-likeness (QED) is 0.900. The van der Waals surface area contributed by atoms with Gasteiger partial charge in [0, 0.05) is 38.4 Å². The number of morpholine rings is 1. The van der Waals surface area contributed by atoms with Gasteiger partial charge >= 0.3 is 6.09 Å². The van der Waals surface area contributed by atoms with Gasteiger partial charge in [-0.2, -0.15) is 0 Å². The lowest BCUT2D eigenvalue weighted by Gasteiger charge is -2.35. The summed E-state index contributed by atoms with van der Waals surface area (Å²) in [7, 11) is 0. The zero-order valence-electron chi connectivity index (χ0n) is 12.7. The predicted octanol–water partition coefficient (Wildman–Crippen LogP) is 0.934. The van der Waals surface area contributed by atoms with E-state index in [2.05, 4.69) is 22.3 Å². The van der Waals surface area contributed by atoms with Gasteiger partial charge in [-0.1, -0.05) is 18.2 Å². The van der Waals surface area contributed by atoms with Crippen LogP contribution >= 0.6 is 0 Å². The number of benzene rings is 1. The van der Waals surface area contributed by atoms with E-state index in [1.54, 1.807) is 4.90 Å². The maximum atomic E-state index is 12.1. The number of nitrogens with zero attached hydrogens (tertiary/aromatic N) is 2. The van der Waals surface area contributed by atoms with Crippen molar-refractivity contribution < 1.29 is 14.3 Å². The van der Waals surface area contributed by atoms with E-state index in [-0.39, 0.29) is 12.1 Å². The van der Waals surface area contributed by atoms with E-state index in [4.69, 9.17) is 9.47 Å². The van der Waals surface area contributed by atoms with E-state index in [1.165, 1.54) is 5.69 Å². The van der Waals surface area contributed by atoms with Crippen LogP contribution in [0.3, 0.4) is 0 Å². The average molecular weight is 305 g/mol. The van der Waals surface area contributed by atoms with Gasteiger partial charge in [-0.05, 0) is 12.1 Å². The molecule has 2 heterocycles. The van der Waals surface area contributed by atoms with E-state index in [0.29, 0.717) is 26.3 Å². The Hall–Kier alpha value is -1.79. The molecular formula is C16H23N3O3. The van der Waals surface area contributed by atoms with Crippen LogP contribution in [0.25, 0.3) is 0 Å². The fourth-order valence-electron chi connectivity index (χ4n) is 2.78. The molecule has 1 N–H and O–H groups in total. The van der Waals surface area contributed by atoms with Crippen molar-refractivity contribution in [1.29, 1.82) is 0 Å². The highest BCUT2D eigenvalue weighted by atomic mass is 16.6. The Morgan fingerprint density at radius 3 is 2.68 bits per heavy atom. The Bertz CT molecular complexity index is 469. The maximum absolute atomic E-state index is 12.1. The van der Waals surface area contributed by atoms with Crippen LogP contribution in [0.4, 0.5) is 10.5 Å². The number of anilines is 1. The van der Waals surface area contributed by atoms with Crippen LogP contribution in [0, 0.1) is 0 Å². The predicted molar refractivity (Wildman–Crippen MR) is 84.2 cm³/mol. The molecule has 2 aliphatic heterocycles. The third-order valence-electron chi connectivity index (χ3n) is 4.07. The molecule has 0 bridgehead atoms.